The Hall–Kier alpha value is -2.29. The Balaban J connectivity index is 2.39. The number of nitrogens with zero attached hydrogens (tertiary/aromatic N) is 1. The second-order valence-electron chi connectivity index (χ2n) is 8.20. The second-order valence-corrected chi connectivity index (χ2v) is 8.20. The van der Waals surface area contributed by atoms with Gasteiger partial charge in [-0.2, -0.15) is 5.10 Å². The van der Waals surface area contributed by atoms with E-state index >= 15 is 0 Å². The van der Waals surface area contributed by atoms with Crippen LogP contribution in [0.25, 0.3) is 0 Å². The van der Waals surface area contributed by atoms with Crippen molar-refractivity contribution in [3.05, 3.63) is 59.2 Å². The number of anilines is 1. The number of hydrogen-bond donors (Lipinski definition) is 2. The zero-order chi connectivity index (χ0) is 18.0. The monoisotopic (exact) mass is 324 g/mol. The molecular weight excluding hydrogens is 296 g/mol. The maximum atomic E-state index is 10.7. The van der Waals surface area contributed by atoms with Crippen molar-refractivity contribution < 1.29 is 5.11 Å². The molecule has 0 atom stereocenters. The van der Waals surface area contributed by atoms with Gasteiger partial charge in [-0.25, -0.2) is 0 Å². The van der Waals surface area contributed by atoms with Crippen molar-refractivity contribution >= 4 is 11.9 Å². The van der Waals surface area contributed by atoms with E-state index in [0.717, 1.165) is 22.4 Å². The number of aromatic hydroxyl groups is 1. The summed E-state index contributed by atoms with van der Waals surface area (Å²) >= 11 is 0. The van der Waals surface area contributed by atoms with Crippen molar-refractivity contribution in [3.63, 3.8) is 0 Å². The molecule has 3 nitrogen and oxygen atoms in total. The molecule has 0 spiro atoms. The number of hydrogen-bond acceptors (Lipinski definition) is 3. The Morgan fingerprint density at radius 2 is 1.38 bits per heavy atom. The Bertz CT molecular complexity index is 685. The Morgan fingerprint density at radius 3 is 1.83 bits per heavy atom. The first-order valence-corrected chi connectivity index (χ1v) is 8.31. The van der Waals surface area contributed by atoms with Crippen molar-refractivity contribution in [3.8, 4) is 5.75 Å². The smallest absolute Gasteiger partial charge is 0.123 e. The lowest BCUT2D eigenvalue weighted by atomic mass is 9.78. The van der Waals surface area contributed by atoms with Crippen LogP contribution in [-0.4, -0.2) is 11.3 Å². The number of rotatable bonds is 3. The lowest BCUT2D eigenvalue weighted by Crippen LogP contribution is -2.17. The molecule has 3 heteroatoms. The van der Waals surface area contributed by atoms with Crippen molar-refractivity contribution in [2.75, 3.05) is 5.43 Å². The first-order valence-electron chi connectivity index (χ1n) is 8.31. The van der Waals surface area contributed by atoms with E-state index in [-0.39, 0.29) is 10.8 Å². The van der Waals surface area contributed by atoms with E-state index in [1.165, 1.54) is 0 Å². The Labute approximate surface area is 145 Å². The molecule has 2 aromatic rings. The molecular formula is C21H28N2O. The van der Waals surface area contributed by atoms with Crippen LogP contribution >= 0.6 is 0 Å². The number of phenolic OH excluding ortho intramolecular Hbond substituents is 1. The molecule has 128 valence electrons. The van der Waals surface area contributed by atoms with E-state index < -0.39 is 0 Å². The molecule has 0 aromatic heterocycles. The Kier molecular flexibility index (Phi) is 5.02. The highest BCUT2D eigenvalue weighted by Gasteiger charge is 2.26. The van der Waals surface area contributed by atoms with Crippen LogP contribution in [0.5, 0.6) is 5.75 Å². The van der Waals surface area contributed by atoms with E-state index in [0.29, 0.717) is 5.75 Å². The molecule has 0 unspecified atom stereocenters. The van der Waals surface area contributed by atoms with E-state index in [2.05, 4.69) is 52.1 Å². The summed E-state index contributed by atoms with van der Waals surface area (Å²) in [6.07, 6.45) is 1.80. The van der Waals surface area contributed by atoms with Gasteiger partial charge in [-0.1, -0.05) is 59.7 Å². The van der Waals surface area contributed by atoms with Crippen LogP contribution in [0.1, 0.15) is 58.2 Å². The standard InChI is InChI=1S/C21H28N2O/c1-20(2,3)17-12-15(13-18(19(17)24)21(4,5)6)14-22-23-16-10-8-7-9-11-16/h7-14,23-24H,1-6H3/b22-14+. The van der Waals surface area contributed by atoms with Crippen LogP contribution in [0, 0.1) is 0 Å². The molecule has 0 bridgehead atoms. The summed E-state index contributed by atoms with van der Waals surface area (Å²) in [5.41, 5.74) is 6.56. The van der Waals surface area contributed by atoms with E-state index in [1.807, 2.05) is 42.5 Å². The van der Waals surface area contributed by atoms with Gasteiger partial charge in [0.25, 0.3) is 0 Å². The van der Waals surface area contributed by atoms with Gasteiger partial charge < -0.3 is 5.11 Å². The number of para-hydroxylation sites is 1. The molecule has 0 radical (unpaired) electrons. The van der Waals surface area contributed by atoms with Gasteiger partial charge in [0, 0.05) is 11.1 Å². The van der Waals surface area contributed by atoms with Gasteiger partial charge in [-0.15, -0.1) is 0 Å². The second kappa shape index (κ2) is 6.68. The number of hydrazone groups is 1. The van der Waals surface area contributed by atoms with E-state index in [4.69, 9.17) is 0 Å². The van der Waals surface area contributed by atoms with Crippen molar-refractivity contribution in [2.45, 2.75) is 52.4 Å². The van der Waals surface area contributed by atoms with Gasteiger partial charge in [-0.3, -0.25) is 5.43 Å². The highest BCUT2D eigenvalue weighted by Crippen LogP contribution is 2.39. The molecule has 0 aliphatic carbocycles. The third kappa shape index (κ3) is 4.38. The molecule has 2 rings (SSSR count). The summed E-state index contributed by atoms with van der Waals surface area (Å²) in [4.78, 5) is 0. The fraction of sp³-hybridized carbons (Fsp3) is 0.381. The maximum Gasteiger partial charge on any atom is 0.123 e. The predicted molar refractivity (Wildman–Crippen MR) is 103 cm³/mol. The molecule has 0 aliphatic rings. The van der Waals surface area contributed by atoms with Crippen molar-refractivity contribution in [1.29, 1.82) is 0 Å². The summed E-state index contributed by atoms with van der Waals surface area (Å²) < 4.78 is 0. The minimum absolute atomic E-state index is 0.138. The van der Waals surface area contributed by atoms with Gasteiger partial charge in [-0.05, 0) is 40.7 Å². The fourth-order valence-electron chi connectivity index (χ4n) is 2.57. The molecule has 0 aliphatic heterocycles. The number of nitrogens with one attached hydrogen (secondary N) is 1. The molecule has 0 saturated carbocycles. The minimum Gasteiger partial charge on any atom is -0.507 e. The summed E-state index contributed by atoms with van der Waals surface area (Å²) in [5.74, 6) is 0.392. The molecule has 2 aromatic carbocycles. The molecule has 0 saturated heterocycles. The van der Waals surface area contributed by atoms with Gasteiger partial charge >= 0.3 is 0 Å². The number of phenols is 1. The first kappa shape index (κ1) is 18.1. The SMILES string of the molecule is CC(C)(C)c1cc(/C=N/Nc2ccccc2)cc(C(C)(C)C)c1O. The lowest BCUT2D eigenvalue weighted by Gasteiger charge is -2.27. The third-order valence-corrected chi connectivity index (χ3v) is 3.93. The van der Waals surface area contributed by atoms with Crippen molar-refractivity contribution in [2.24, 2.45) is 5.10 Å². The Morgan fingerprint density at radius 1 is 0.875 bits per heavy atom. The first-order chi connectivity index (χ1) is 11.1. The maximum absolute atomic E-state index is 10.7. The number of benzene rings is 2. The summed E-state index contributed by atoms with van der Waals surface area (Å²) in [5, 5.41) is 15.1. The molecule has 24 heavy (non-hydrogen) atoms. The third-order valence-electron chi connectivity index (χ3n) is 3.93. The summed E-state index contributed by atoms with van der Waals surface area (Å²) in [6, 6.07) is 13.9. The minimum atomic E-state index is -0.138. The van der Waals surface area contributed by atoms with E-state index in [9.17, 15) is 5.11 Å². The lowest BCUT2D eigenvalue weighted by molar-refractivity contribution is 0.423. The largest absolute Gasteiger partial charge is 0.507 e. The fourth-order valence-corrected chi connectivity index (χ4v) is 2.57. The highest BCUT2D eigenvalue weighted by atomic mass is 16.3. The molecule has 0 fully saturated rings. The zero-order valence-electron chi connectivity index (χ0n) is 15.5. The van der Waals surface area contributed by atoms with Gasteiger partial charge in [0.15, 0.2) is 0 Å². The molecule has 0 heterocycles. The quantitative estimate of drug-likeness (QED) is 0.584. The van der Waals surface area contributed by atoms with E-state index in [1.54, 1.807) is 6.21 Å². The molecule has 0 amide bonds. The molecule has 2 N–H and O–H groups in total. The van der Waals surface area contributed by atoms with Crippen LogP contribution in [0.15, 0.2) is 47.6 Å². The average molecular weight is 324 g/mol. The highest BCUT2D eigenvalue weighted by molar-refractivity contribution is 5.82. The van der Waals surface area contributed by atoms with Gasteiger partial charge in [0.1, 0.15) is 5.75 Å². The van der Waals surface area contributed by atoms with Crippen molar-refractivity contribution in [1.82, 2.24) is 0 Å². The van der Waals surface area contributed by atoms with Crippen LogP contribution in [0.2, 0.25) is 0 Å². The van der Waals surface area contributed by atoms with Crippen LogP contribution in [-0.2, 0) is 10.8 Å². The average Bonchev–Trinajstić information content (AvgIpc) is 2.47. The zero-order valence-corrected chi connectivity index (χ0v) is 15.5. The topological polar surface area (TPSA) is 44.6 Å². The summed E-state index contributed by atoms with van der Waals surface area (Å²) in [7, 11) is 0. The summed E-state index contributed by atoms with van der Waals surface area (Å²) in [6.45, 7) is 12.7. The van der Waals surface area contributed by atoms with Crippen LogP contribution < -0.4 is 5.43 Å². The predicted octanol–water partition coefficient (Wildman–Crippen LogP) is 5.43. The van der Waals surface area contributed by atoms with Gasteiger partial charge in [0.05, 0.1) is 11.9 Å². The van der Waals surface area contributed by atoms with Gasteiger partial charge in [0.2, 0.25) is 0 Å². The normalized spacial score (nSPS) is 12.6. The van der Waals surface area contributed by atoms with Crippen LogP contribution in [0.4, 0.5) is 5.69 Å². The van der Waals surface area contributed by atoms with Crippen LogP contribution in [0.3, 0.4) is 0 Å².